The molecule has 0 radical (unpaired) electrons. The fourth-order valence-electron chi connectivity index (χ4n) is 3.14. The van der Waals surface area contributed by atoms with Crippen LogP contribution in [0.1, 0.15) is 57.8 Å². The van der Waals surface area contributed by atoms with E-state index in [0.717, 1.165) is 44.3 Å². The van der Waals surface area contributed by atoms with Crippen LogP contribution in [0.4, 0.5) is 0 Å². The highest BCUT2D eigenvalue weighted by Gasteiger charge is 2.21. The molecule has 3 heterocycles. The highest BCUT2D eigenvalue weighted by molar-refractivity contribution is 5.05. The normalized spacial score (nSPS) is 19.4. The molecule has 0 aromatic carbocycles. The molecule has 0 saturated carbocycles. The Hall–Kier alpha value is -1.73. The van der Waals surface area contributed by atoms with Crippen molar-refractivity contribution in [2.75, 3.05) is 13.1 Å². The number of likely N-dealkylation sites (tertiary alicyclic amines) is 1. The summed E-state index contributed by atoms with van der Waals surface area (Å²) >= 11 is 0. The van der Waals surface area contributed by atoms with E-state index in [1.54, 1.807) is 0 Å². The molecule has 2 aromatic rings. The van der Waals surface area contributed by atoms with Crippen LogP contribution < -0.4 is 5.32 Å². The number of rotatable bonds is 6. The van der Waals surface area contributed by atoms with E-state index in [0.29, 0.717) is 6.04 Å². The second-order valence-corrected chi connectivity index (χ2v) is 7.88. The topological polar surface area (TPSA) is 72.0 Å². The molecule has 0 spiro atoms. The standard InChI is InChI=1S/C18H30N6O/c1-5-17-21-16(22-25-17)13-23-8-6-7-15(12-23)19-9-14-10-20-24(11-14)18(2,3)4/h10-11,15,19H,5-9,12-13H2,1-4H3. The Balaban J connectivity index is 1.49. The first-order chi connectivity index (χ1) is 11.9. The highest BCUT2D eigenvalue weighted by atomic mass is 16.5. The monoisotopic (exact) mass is 346 g/mol. The van der Waals surface area contributed by atoms with Gasteiger partial charge in [-0.15, -0.1) is 0 Å². The molecule has 1 aliphatic rings. The first-order valence-electron chi connectivity index (χ1n) is 9.25. The van der Waals surface area contributed by atoms with Crippen molar-refractivity contribution in [1.29, 1.82) is 0 Å². The van der Waals surface area contributed by atoms with Gasteiger partial charge in [0.05, 0.1) is 18.3 Å². The fourth-order valence-corrected chi connectivity index (χ4v) is 3.14. The van der Waals surface area contributed by atoms with Gasteiger partial charge in [-0.3, -0.25) is 9.58 Å². The van der Waals surface area contributed by atoms with Crippen LogP contribution in [0.15, 0.2) is 16.9 Å². The molecular formula is C18H30N6O. The number of hydrogen-bond donors (Lipinski definition) is 1. The Bertz CT molecular complexity index is 671. The summed E-state index contributed by atoms with van der Waals surface area (Å²) in [4.78, 5) is 6.82. The van der Waals surface area contributed by atoms with Crippen molar-refractivity contribution in [3.8, 4) is 0 Å². The summed E-state index contributed by atoms with van der Waals surface area (Å²) in [5, 5.41) is 12.2. The van der Waals surface area contributed by atoms with Gasteiger partial charge in [0.1, 0.15) is 0 Å². The average Bonchev–Trinajstić information content (AvgIpc) is 3.22. The molecule has 25 heavy (non-hydrogen) atoms. The summed E-state index contributed by atoms with van der Waals surface area (Å²) in [7, 11) is 0. The molecule has 1 N–H and O–H groups in total. The van der Waals surface area contributed by atoms with Crippen LogP contribution in [0.3, 0.4) is 0 Å². The van der Waals surface area contributed by atoms with Crippen molar-refractivity contribution in [1.82, 2.24) is 30.1 Å². The van der Waals surface area contributed by atoms with Gasteiger partial charge < -0.3 is 9.84 Å². The van der Waals surface area contributed by atoms with E-state index in [4.69, 9.17) is 4.52 Å². The first kappa shape index (κ1) is 18.1. The van der Waals surface area contributed by atoms with Gasteiger partial charge in [0, 0.05) is 37.3 Å². The highest BCUT2D eigenvalue weighted by Crippen LogP contribution is 2.15. The molecule has 1 aliphatic heterocycles. The molecule has 0 bridgehead atoms. The Morgan fingerprint density at radius 2 is 2.20 bits per heavy atom. The molecular weight excluding hydrogens is 316 g/mol. The van der Waals surface area contributed by atoms with E-state index in [1.807, 2.05) is 17.8 Å². The Morgan fingerprint density at radius 3 is 2.88 bits per heavy atom. The second kappa shape index (κ2) is 7.66. The van der Waals surface area contributed by atoms with Gasteiger partial charge in [0.15, 0.2) is 5.82 Å². The van der Waals surface area contributed by atoms with E-state index in [2.05, 4.69) is 52.4 Å². The van der Waals surface area contributed by atoms with Gasteiger partial charge in [-0.1, -0.05) is 12.1 Å². The molecule has 0 aliphatic carbocycles. The lowest BCUT2D eigenvalue weighted by atomic mass is 10.1. The Morgan fingerprint density at radius 1 is 1.36 bits per heavy atom. The minimum absolute atomic E-state index is 0.0296. The lowest BCUT2D eigenvalue weighted by Crippen LogP contribution is -2.45. The number of hydrogen-bond acceptors (Lipinski definition) is 6. The third-order valence-electron chi connectivity index (χ3n) is 4.60. The molecule has 7 heteroatoms. The molecule has 2 aromatic heterocycles. The third kappa shape index (κ3) is 4.89. The van der Waals surface area contributed by atoms with Crippen molar-refractivity contribution < 1.29 is 4.52 Å². The van der Waals surface area contributed by atoms with Crippen LogP contribution in [0.5, 0.6) is 0 Å². The largest absolute Gasteiger partial charge is 0.339 e. The predicted molar refractivity (Wildman–Crippen MR) is 96.0 cm³/mol. The number of nitrogens with one attached hydrogen (secondary N) is 1. The van der Waals surface area contributed by atoms with Crippen molar-refractivity contribution in [2.45, 2.75) is 71.6 Å². The maximum Gasteiger partial charge on any atom is 0.226 e. The third-order valence-corrected chi connectivity index (χ3v) is 4.60. The number of aromatic nitrogens is 4. The van der Waals surface area contributed by atoms with E-state index >= 15 is 0 Å². The van der Waals surface area contributed by atoms with Crippen molar-refractivity contribution in [2.24, 2.45) is 0 Å². The van der Waals surface area contributed by atoms with E-state index in [-0.39, 0.29) is 5.54 Å². The predicted octanol–water partition coefficient (Wildman–Crippen LogP) is 2.34. The molecule has 1 saturated heterocycles. The smallest absolute Gasteiger partial charge is 0.226 e. The quantitative estimate of drug-likeness (QED) is 0.865. The fraction of sp³-hybridized carbons (Fsp3) is 0.722. The van der Waals surface area contributed by atoms with Gasteiger partial charge >= 0.3 is 0 Å². The molecule has 1 atom stereocenters. The minimum Gasteiger partial charge on any atom is -0.339 e. The van der Waals surface area contributed by atoms with Gasteiger partial charge in [-0.05, 0) is 40.2 Å². The van der Waals surface area contributed by atoms with E-state index in [9.17, 15) is 0 Å². The van der Waals surface area contributed by atoms with Crippen LogP contribution in [-0.2, 0) is 25.0 Å². The molecule has 0 amide bonds. The molecule has 7 nitrogen and oxygen atoms in total. The van der Waals surface area contributed by atoms with Gasteiger partial charge in [-0.2, -0.15) is 10.1 Å². The Kier molecular flexibility index (Phi) is 5.54. The average molecular weight is 346 g/mol. The number of nitrogens with zero attached hydrogens (tertiary/aromatic N) is 5. The van der Waals surface area contributed by atoms with Crippen LogP contribution in [0, 0.1) is 0 Å². The molecule has 1 unspecified atom stereocenters. The lowest BCUT2D eigenvalue weighted by Gasteiger charge is -2.32. The SMILES string of the molecule is CCc1nc(CN2CCCC(NCc3cnn(C(C)(C)C)c3)C2)no1. The second-order valence-electron chi connectivity index (χ2n) is 7.88. The summed E-state index contributed by atoms with van der Waals surface area (Å²) in [5.41, 5.74) is 1.26. The maximum absolute atomic E-state index is 5.20. The zero-order valence-electron chi connectivity index (χ0n) is 15.8. The van der Waals surface area contributed by atoms with Gasteiger partial charge in [0.2, 0.25) is 5.89 Å². The van der Waals surface area contributed by atoms with E-state index in [1.165, 1.54) is 18.4 Å². The number of aryl methyl sites for hydroxylation is 1. The zero-order valence-corrected chi connectivity index (χ0v) is 15.8. The molecule has 3 rings (SSSR count). The van der Waals surface area contributed by atoms with E-state index < -0.39 is 0 Å². The lowest BCUT2D eigenvalue weighted by molar-refractivity contribution is 0.177. The Labute approximate surface area is 149 Å². The summed E-state index contributed by atoms with van der Waals surface area (Å²) in [6.45, 7) is 12.3. The van der Waals surface area contributed by atoms with Gasteiger partial charge in [0.25, 0.3) is 0 Å². The first-order valence-corrected chi connectivity index (χ1v) is 9.25. The zero-order chi connectivity index (χ0) is 17.9. The van der Waals surface area contributed by atoms with Crippen molar-refractivity contribution in [3.63, 3.8) is 0 Å². The number of piperidine rings is 1. The summed E-state index contributed by atoms with van der Waals surface area (Å²) in [5.74, 6) is 1.52. The van der Waals surface area contributed by atoms with Crippen LogP contribution in [0.2, 0.25) is 0 Å². The van der Waals surface area contributed by atoms with Crippen molar-refractivity contribution in [3.05, 3.63) is 29.7 Å². The van der Waals surface area contributed by atoms with Crippen LogP contribution in [0.25, 0.3) is 0 Å². The molecule has 138 valence electrons. The summed E-state index contributed by atoms with van der Waals surface area (Å²) in [6.07, 6.45) is 7.29. The van der Waals surface area contributed by atoms with Crippen LogP contribution >= 0.6 is 0 Å². The summed E-state index contributed by atoms with van der Waals surface area (Å²) < 4.78 is 7.23. The van der Waals surface area contributed by atoms with Gasteiger partial charge in [-0.25, -0.2) is 0 Å². The van der Waals surface area contributed by atoms with Crippen LogP contribution in [-0.4, -0.2) is 44.0 Å². The van der Waals surface area contributed by atoms with Crippen molar-refractivity contribution >= 4 is 0 Å². The summed E-state index contributed by atoms with van der Waals surface area (Å²) in [6, 6.07) is 0.490. The maximum atomic E-state index is 5.20. The molecule has 1 fully saturated rings. The minimum atomic E-state index is 0.0296.